The van der Waals surface area contributed by atoms with Crippen molar-refractivity contribution in [2.75, 3.05) is 11.9 Å². The van der Waals surface area contributed by atoms with Crippen molar-refractivity contribution in [2.45, 2.75) is 144 Å². The molecule has 11 nitrogen and oxygen atoms in total. The van der Waals surface area contributed by atoms with Gasteiger partial charge in [-0.2, -0.15) is 0 Å². The lowest BCUT2D eigenvalue weighted by Crippen LogP contribution is -2.65. The van der Waals surface area contributed by atoms with Crippen LogP contribution in [0.4, 0.5) is 11.4 Å². The van der Waals surface area contributed by atoms with E-state index >= 15 is 0 Å². The fourth-order valence-corrected chi connectivity index (χ4v) is 13.0. The van der Waals surface area contributed by atoms with Gasteiger partial charge >= 0.3 is 17.6 Å². The summed E-state index contributed by atoms with van der Waals surface area (Å²) in [6.45, 7) is 17.5. The number of carboxylic acid groups (broad SMARTS) is 1. The molecule has 1 heterocycles. The maximum atomic E-state index is 13.2. The summed E-state index contributed by atoms with van der Waals surface area (Å²) in [5.41, 5.74) is 1.99. The van der Waals surface area contributed by atoms with Gasteiger partial charge < -0.3 is 15.2 Å². The number of carbonyl (C=O) groups excluding carboxylic acids is 1. The number of carbonyl (C=O) groups is 2. The van der Waals surface area contributed by atoms with Crippen molar-refractivity contribution in [1.82, 2.24) is 10.3 Å². The van der Waals surface area contributed by atoms with Crippen LogP contribution in [-0.4, -0.2) is 44.9 Å². The Bertz CT molecular complexity index is 1820. The molecule has 5 aliphatic rings. The van der Waals surface area contributed by atoms with Crippen molar-refractivity contribution in [2.24, 2.45) is 50.2 Å². The lowest BCUT2D eigenvalue weighted by molar-refractivity contribution is -0.383. The second-order valence-electron chi connectivity index (χ2n) is 19.6. The number of esters is 1. The van der Waals surface area contributed by atoms with E-state index in [2.05, 4.69) is 70.2 Å². The quantitative estimate of drug-likeness (QED) is 0.0792. The topological polar surface area (TPSA) is 158 Å². The van der Waals surface area contributed by atoms with E-state index in [1.165, 1.54) is 11.6 Å². The molecule has 290 valence electrons. The summed E-state index contributed by atoms with van der Waals surface area (Å²) in [6, 6.07) is 3.01. The van der Waals surface area contributed by atoms with Crippen molar-refractivity contribution in [1.29, 1.82) is 0 Å². The van der Waals surface area contributed by atoms with Gasteiger partial charge in [0, 0.05) is 24.4 Å². The van der Waals surface area contributed by atoms with Crippen molar-refractivity contribution in [3.63, 3.8) is 0 Å². The molecule has 1 aromatic heterocycles. The zero-order valence-corrected chi connectivity index (χ0v) is 32.9. The fraction of sp³-hybridized carbons (Fsp3) is 0.762. The molecule has 53 heavy (non-hydrogen) atoms. The number of hydrogen-bond acceptors (Lipinski definition) is 9. The van der Waals surface area contributed by atoms with Gasteiger partial charge in [-0.3, -0.25) is 19.7 Å². The van der Waals surface area contributed by atoms with Gasteiger partial charge in [0.2, 0.25) is 5.52 Å². The molecule has 0 amide bonds. The number of aromatic nitrogens is 2. The lowest BCUT2D eigenvalue weighted by Gasteiger charge is -2.71. The minimum Gasteiger partial charge on any atom is -0.481 e. The smallest absolute Gasteiger partial charge is 0.310 e. The Kier molecular flexibility index (Phi) is 9.32. The molecule has 2 N–H and O–H groups in total. The highest BCUT2D eigenvalue weighted by molar-refractivity contribution is 5.93. The molecule has 0 saturated heterocycles. The summed E-state index contributed by atoms with van der Waals surface area (Å²) in [5.74, 6) is 0.353. The van der Waals surface area contributed by atoms with Crippen LogP contribution in [0.3, 0.4) is 0 Å². The summed E-state index contributed by atoms with van der Waals surface area (Å²) >= 11 is 0. The average molecular weight is 733 g/mol. The van der Waals surface area contributed by atoms with Crippen LogP contribution < -0.4 is 5.32 Å². The summed E-state index contributed by atoms with van der Waals surface area (Å²) in [5, 5.41) is 32.7. The van der Waals surface area contributed by atoms with Crippen LogP contribution in [0.5, 0.6) is 0 Å². The van der Waals surface area contributed by atoms with Crippen LogP contribution >= 0.6 is 0 Å². The van der Waals surface area contributed by atoms with Crippen LogP contribution in [0, 0.1) is 60.4 Å². The third-order valence-corrected chi connectivity index (χ3v) is 16.2. The molecule has 8 atom stereocenters. The molecule has 5 aliphatic carbocycles. The van der Waals surface area contributed by atoms with Crippen molar-refractivity contribution in [3.8, 4) is 0 Å². The molecule has 0 unspecified atom stereocenters. The van der Waals surface area contributed by atoms with Gasteiger partial charge in [0.15, 0.2) is 5.52 Å². The SMILES string of the molecule is CC1(C)CC[C@]2(C(=O)O)CC[C@]3(C)C(=CC[C@@H]4[C@@]5(C)CC[C@H](OC(=O)CCCCCNc6ccc([N+](=O)[O-])c7nonc67)C(C)(C)[C@@H]5CC[C@]43C)[C@@H]2C1. The number of allylic oxidation sites excluding steroid dienone is 2. The Balaban J connectivity index is 0.967. The van der Waals surface area contributed by atoms with Crippen LogP contribution in [0.15, 0.2) is 28.4 Å². The number of rotatable bonds is 10. The molecule has 1 aromatic carbocycles. The van der Waals surface area contributed by atoms with E-state index in [9.17, 15) is 24.8 Å². The number of aliphatic carboxylic acids is 1. The number of carboxylic acids is 1. The van der Waals surface area contributed by atoms with Crippen LogP contribution in [0.1, 0.15) is 138 Å². The van der Waals surface area contributed by atoms with Gasteiger partial charge in [0.25, 0.3) is 0 Å². The van der Waals surface area contributed by atoms with Crippen molar-refractivity contribution < 1.29 is 29.0 Å². The van der Waals surface area contributed by atoms with Crippen molar-refractivity contribution >= 4 is 34.3 Å². The molecular weight excluding hydrogens is 672 g/mol. The second kappa shape index (κ2) is 13.1. The van der Waals surface area contributed by atoms with Gasteiger partial charge in [0.1, 0.15) is 6.10 Å². The number of nitro groups is 1. The molecule has 0 bridgehead atoms. The Labute approximate surface area is 313 Å². The van der Waals surface area contributed by atoms with E-state index in [-0.39, 0.29) is 56.3 Å². The minimum absolute atomic E-state index is 0.00858. The molecule has 0 aliphatic heterocycles. The molecule has 11 heteroatoms. The number of fused-ring (bicyclic) bond motifs is 8. The number of unbranched alkanes of at least 4 members (excludes halogenated alkanes) is 2. The number of nitrogens with zero attached hydrogens (tertiary/aromatic N) is 3. The second-order valence-corrected chi connectivity index (χ2v) is 19.6. The molecule has 0 radical (unpaired) electrons. The van der Waals surface area contributed by atoms with E-state index in [0.29, 0.717) is 36.0 Å². The van der Waals surface area contributed by atoms with E-state index in [1.54, 1.807) is 6.07 Å². The number of ether oxygens (including phenoxy) is 1. The lowest BCUT2D eigenvalue weighted by atomic mass is 9.33. The van der Waals surface area contributed by atoms with E-state index in [1.807, 2.05) is 0 Å². The highest BCUT2D eigenvalue weighted by Gasteiger charge is 2.69. The van der Waals surface area contributed by atoms with E-state index in [0.717, 1.165) is 83.5 Å². The van der Waals surface area contributed by atoms with Gasteiger partial charge in [-0.1, -0.05) is 66.5 Å². The molecule has 7 rings (SSSR count). The summed E-state index contributed by atoms with van der Waals surface area (Å²) in [6.07, 6.45) is 14.8. The molecule has 0 spiro atoms. The first kappa shape index (κ1) is 37.8. The number of nitrogens with one attached hydrogen (secondary N) is 1. The van der Waals surface area contributed by atoms with Crippen LogP contribution in [0.25, 0.3) is 11.0 Å². The predicted octanol–water partition coefficient (Wildman–Crippen LogP) is 9.90. The monoisotopic (exact) mass is 732 g/mol. The molecule has 2 aromatic rings. The zero-order chi connectivity index (χ0) is 38.2. The normalized spacial score (nSPS) is 36.9. The molecule has 4 saturated carbocycles. The first-order valence-electron chi connectivity index (χ1n) is 20.2. The highest BCUT2D eigenvalue weighted by Crippen LogP contribution is 2.76. The molecular formula is C42H60N4O7. The first-order valence-corrected chi connectivity index (χ1v) is 20.2. The standard InChI is InChI=1S/C42H60N4O7/c1-37(2)20-22-42(36(48)49)23-21-40(6)26(27(42)25-37)12-15-31-39(5)18-17-32(38(3,4)30(39)16-19-41(31,40)7)52-33(47)11-9-8-10-24-43-28-13-14-29(46(50)51)35-34(28)44-53-45-35/h12-14,27,30-32,43H,8-11,15-25H2,1-7H3,(H,48,49)/t27-,30-,31+,32-,39-,40+,41+,42-/m0/s1. The highest BCUT2D eigenvalue weighted by atomic mass is 16.6. The van der Waals surface area contributed by atoms with Gasteiger partial charge in [0.05, 0.1) is 16.0 Å². The largest absolute Gasteiger partial charge is 0.481 e. The number of benzene rings is 1. The fourth-order valence-electron chi connectivity index (χ4n) is 13.0. The number of anilines is 1. The van der Waals surface area contributed by atoms with Gasteiger partial charge in [-0.25, -0.2) is 4.63 Å². The van der Waals surface area contributed by atoms with Gasteiger partial charge in [-0.05, 0) is 133 Å². The predicted molar refractivity (Wildman–Crippen MR) is 202 cm³/mol. The van der Waals surface area contributed by atoms with Crippen LogP contribution in [0.2, 0.25) is 0 Å². The third kappa shape index (κ3) is 5.88. The van der Waals surface area contributed by atoms with Crippen LogP contribution in [-0.2, 0) is 14.3 Å². The van der Waals surface area contributed by atoms with E-state index < -0.39 is 16.3 Å². The summed E-state index contributed by atoms with van der Waals surface area (Å²) in [4.78, 5) is 37.0. The van der Waals surface area contributed by atoms with Crippen molar-refractivity contribution in [3.05, 3.63) is 33.9 Å². The summed E-state index contributed by atoms with van der Waals surface area (Å²) < 4.78 is 11.1. The van der Waals surface area contributed by atoms with Gasteiger partial charge in [-0.15, -0.1) is 0 Å². The van der Waals surface area contributed by atoms with E-state index in [4.69, 9.17) is 9.37 Å². The summed E-state index contributed by atoms with van der Waals surface area (Å²) in [7, 11) is 0. The Hall–Kier alpha value is -3.50. The Morgan fingerprint density at radius 1 is 0.943 bits per heavy atom. The number of hydrogen-bond donors (Lipinski definition) is 2. The molecule has 4 fully saturated rings. The Morgan fingerprint density at radius 3 is 2.42 bits per heavy atom. The zero-order valence-electron chi connectivity index (χ0n) is 32.9. The third-order valence-electron chi connectivity index (χ3n) is 16.2. The minimum atomic E-state index is -0.620. The number of non-ortho nitro benzene ring substituents is 1. The maximum Gasteiger partial charge on any atom is 0.310 e. The average Bonchev–Trinajstić information content (AvgIpc) is 3.58. The number of nitro benzene ring substituents is 1. The first-order chi connectivity index (χ1) is 24.9. The Morgan fingerprint density at radius 2 is 1.68 bits per heavy atom. The maximum absolute atomic E-state index is 13.2.